The summed E-state index contributed by atoms with van der Waals surface area (Å²) < 4.78 is 10.8. The Kier molecular flexibility index (Phi) is 4.82. The van der Waals surface area contributed by atoms with Gasteiger partial charge in [0.2, 0.25) is 0 Å². The third-order valence-electron chi connectivity index (χ3n) is 2.43. The fourth-order valence-corrected chi connectivity index (χ4v) is 1.38. The molecule has 0 amide bonds. The van der Waals surface area contributed by atoms with Gasteiger partial charge < -0.3 is 15.2 Å². The van der Waals surface area contributed by atoms with Crippen molar-refractivity contribution in [3.8, 4) is 11.5 Å². The molecule has 94 valence electrons. The minimum Gasteiger partial charge on any atom is -0.497 e. The minimum atomic E-state index is 0.00667. The summed E-state index contributed by atoms with van der Waals surface area (Å²) in [6.07, 6.45) is 0.967. The van der Waals surface area contributed by atoms with E-state index in [2.05, 4.69) is 13.8 Å². The highest BCUT2D eigenvalue weighted by Gasteiger charge is 2.08. The van der Waals surface area contributed by atoms with Gasteiger partial charge in [0.1, 0.15) is 17.3 Å². The van der Waals surface area contributed by atoms with Crippen molar-refractivity contribution in [2.75, 3.05) is 13.7 Å². The van der Waals surface area contributed by atoms with E-state index < -0.39 is 0 Å². The van der Waals surface area contributed by atoms with Crippen LogP contribution in [0.3, 0.4) is 0 Å². The van der Waals surface area contributed by atoms with E-state index >= 15 is 0 Å². The van der Waals surface area contributed by atoms with E-state index in [9.17, 15) is 0 Å². The first kappa shape index (κ1) is 13.4. The first-order valence-corrected chi connectivity index (χ1v) is 5.69. The lowest BCUT2D eigenvalue weighted by molar-refractivity contribution is 0.287. The maximum Gasteiger partial charge on any atom is 0.133 e. The van der Waals surface area contributed by atoms with Crippen molar-refractivity contribution < 1.29 is 9.47 Å². The Bertz CT molecular complexity index is 389. The van der Waals surface area contributed by atoms with E-state index in [1.54, 1.807) is 25.3 Å². The van der Waals surface area contributed by atoms with E-state index in [1.165, 1.54) is 0 Å². The smallest absolute Gasteiger partial charge is 0.133 e. The molecule has 0 saturated carbocycles. The number of nitrogen functional groups attached to an aromatic ring is 1. The fraction of sp³-hybridized carbons (Fsp3) is 0.462. The third kappa shape index (κ3) is 3.98. The Hall–Kier alpha value is -1.71. The van der Waals surface area contributed by atoms with Gasteiger partial charge in [-0.05, 0) is 24.5 Å². The van der Waals surface area contributed by atoms with Crippen molar-refractivity contribution in [3.05, 3.63) is 23.8 Å². The Balaban J connectivity index is 2.82. The Morgan fingerprint density at radius 1 is 1.41 bits per heavy atom. The summed E-state index contributed by atoms with van der Waals surface area (Å²) in [5.74, 6) is 1.90. The van der Waals surface area contributed by atoms with Crippen molar-refractivity contribution in [3.63, 3.8) is 0 Å². The lowest BCUT2D eigenvalue weighted by atomic mass is 10.1. The number of ether oxygens (including phenoxy) is 2. The predicted octanol–water partition coefficient (Wildman–Crippen LogP) is 2.40. The second-order valence-corrected chi connectivity index (χ2v) is 4.31. The second kappa shape index (κ2) is 6.13. The fourth-order valence-electron chi connectivity index (χ4n) is 1.38. The summed E-state index contributed by atoms with van der Waals surface area (Å²) in [6, 6.07) is 5.27. The molecule has 1 rings (SSSR count). The molecule has 3 N–H and O–H groups in total. The van der Waals surface area contributed by atoms with E-state index in [0.717, 1.165) is 6.42 Å². The van der Waals surface area contributed by atoms with Crippen LogP contribution in [0, 0.1) is 11.3 Å². The standard InChI is InChI=1S/C13H20N2O2/c1-9(2)6-7-17-12-8-10(16-3)4-5-11(12)13(14)15/h4-5,8-9H,6-7H2,1-3H3,(H3,14,15). The largest absolute Gasteiger partial charge is 0.497 e. The van der Waals surface area contributed by atoms with Crippen molar-refractivity contribution in [2.24, 2.45) is 11.7 Å². The van der Waals surface area contributed by atoms with Gasteiger partial charge in [-0.1, -0.05) is 13.8 Å². The molecule has 0 fully saturated rings. The van der Waals surface area contributed by atoms with Crippen LogP contribution in [0.25, 0.3) is 0 Å². The molecule has 0 bridgehead atoms. The molecule has 4 heteroatoms. The Labute approximate surface area is 102 Å². The molecule has 0 atom stereocenters. The van der Waals surface area contributed by atoms with Gasteiger partial charge in [0, 0.05) is 6.07 Å². The van der Waals surface area contributed by atoms with Crippen LogP contribution >= 0.6 is 0 Å². The zero-order valence-corrected chi connectivity index (χ0v) is 10.6. The molecule has 0 saturated heterocycles. The maximum absolute atomic E-state index is 7.48. The normalized spacial score (nSPS) is 10.4. The summed E-state index contributed by atoms with van der Waals surface area (Å²) in [5.41, 5.74) is 6.11. The molecule has 0 spiro atoms. The summed E-state index contributed by atoms with van der Waals surface area (Å²) in [6.45, 7) is 4.90. The molecule has 0 unspecified atom stereocenters. The lowest BCUT2D eigenvalue weighted by Crippen LogP contribution is -2.14. The van der Waals surface area contributed by atoms with Crippen LogP contribution in [0.2, 0.25) is 0 Å². The van der Waals surface area contributed by atoms with E-state index in [1.807, 2.05) is 0 Å². The molecule has 0 aromatic heterocycles. The average molecular weight is 236 g/mol. The maximum atomic E-state index is 7.48. The zero-order valence-electron chi connectivity index (χ0n) is 10.6. The number of hydrogen-bond acceptors (Lipinski definition) is 3. The highest BCUT2D eigenvalue weighted by atomic mass is 16.5. The molecular weight excluding hydrogens is 216 g/mol. The first-order valence-electron chi connectivity index (χ1n) is 5.69. The number of benzene rings is 1. The minimum absolute atomic E-state index is 0.00667. The summed E-state index contributed by atoms with van der Waals surface area (Å²) >= 11 is 0. The van der Waals surface area contributed by atoms with Crippen LogP contribution < -0.4 is 15.2 Å². The molecule has 0 radical (unpaired) electrons. The Morgan fingerprint density at radius 2 is 2.12 bits per heavy atom. The molecule has 17 heavy (non-hydrogen) atoms. The van der Waals surface area contributed by atoms with Gasteiger partial charge in [-0.25, -0.2) is 0 Å². The van der Waals surface area contributed by atoms with Crippen LogP contribution in [-0.2, 0) is 0 Å². The summed E-state index contributed by atoms with van der Waals surface area (Å²) in [4.78, 5) is 0. The first-order chi connectivity index (χ1) is 8.04. The van der Waals surface area contributed by atoms with E-state index in [0.29, 0.717) is 29.6 Å². The summed E-state index contributed by atoms with van der Waals surface area (Å²) in [5, 5.41) is 7.48. The van der Waals surface area contributed by atoms with Gasteiger partial charge >= 0.3 is 0 Å². The highest BCUT2D eigenvalue weighted by Crippen LogP contribution is 2.24. The average Bonchev–Trinajstić information content (AvgIpc) is 2.28. The molecular formula is C13H20N2O2. The van der Waals surface area contributed by atoms with Gasteiger partial charge in [0.25, 0.3) is 0 Å². The topological polar surface area (TPSA) is 68.3 Å². The van der Waals surface area contributed by atoms with Gasteiger partial charge in [-0.15, -0.1) is 0 Å². The molecule has 0 aliphatic heterocycles. The molecule has 1 aromatic carbocycles. The monoisotopic (exact) mass is 236 g/mol. The molecule has 4 nitrogen and oxygen atoms in total. The van der Waals surface area contributed by atoms with Crippen molar-refractivity contribution in [2.45, 2.75) is 20.3 Å². The van der Waals surface area contributed by atoms with Crippen molar-refractivity contribution >= 4 is 5.84 Å². The number of amidine groups is 1. The van der Waals surface area contributed by atoms with Gasteiger partial charge in [0.05, 0.1) is 19.3 Å². The van der Waals surface area contributed by atoms with Gasteiger partial charge in [-0.3, -0.25) is 5.41 Å². The second-order valence-electron chi connectivity index (χ2n) is 4.31. The predicted molar refractivity (Wildman–Crippen MR) is 69.0 cm³/mol. The molecule has 0 heterocycles. The number of rotatable bonds is 6. The van der Waals surface area contributed by atoms with Crippen LogP contribution in [0.15, 0.2) is 18.2 Å². The zero-order chi connectivity index (χ0) is 12.8. The number of hydrogen-bond donors (Lipinski definition) is 2. The number of methoxy groups -OCH3 is 1. The van der Waals surface area contributed by atoms with Crippen LogP contribution in [-0.4, -0.2) is 19.6 Å². The van der Waals surface area contributed by atoms with E-state index in [4.69, 9.17) is 20.6 Å². The highest BCUT2D eigenvalue weighted by molar-refractivity contribution is 5.97. The summed E-state index contributed by atoms with van der Waals surface area (Å²) in [7, 11) is 1.60. The van der Waals surface area contributed by atoms with Gasteiger partial charge in [0.15, 0.2) is 0 Å². The van der Waals surface area contributed by atoms with Gasteiger partial charge in [-0.2, -0.15) is 0 Å². The number of nitrogens with two attached hydrogens (primary N) is 1. The number of nitrogens with one attached hydrogen (secondary N) is 1. The Morgan fingerprint density at radius 3 is 2.65 bits per heavy atom. The molecule has 1 aromatic rings. The van der Waals surface area contributed by atoms with Crippen molar-refractivity contribution in [1.29, 1.82) is 5.41 Å². The lowest BCUT2D eigenvalue weighted by Gasteiger charge is -2.13. The van der Waals surface area contributed by atoms with Crippen LogP contribution in [0.1, 0.15) is 25.8 Å². The van der Waals surface area contributed by atoms with Crippen LogP contribution in [0.5, 0.6) is 11.5 Å². The quantitative estimate of drug-likeness (QED) is 0.588. The van der Waals surface area contributed by atoms with Crippen molar-refractivity contribution in [1.82, 2.24) is 0 Å². The molecule has 0 aliphatic carbocycles. The van der Waals surface area contributed by atoms with Crippen LogP contribution in [0.4, 0.5) is 0 Å². The SMILES string of the molecule is COc1ccc(C(=N)N)c(OCCC(C)C)c1. The third-order valence-corrected chi connectivity index (χ3v) is 2.43. The van der Waals surface area contributed by atoms with E-state index in [-0.39, 0.29) is 5.84 Å². The molecule has 0 aliphatic rings.